The molecule has 8 nitrogen and oxygen atoms in total. The number of nitro benzene ring substituents is 1. The van der Waals surface area contributed by atoms with Gasteiger partial charge in [0.05, 0.1) is 21.7 Å². The lowest BCUT2D eigenvalue weighted by Crippen LogP contribution is -2.19. The number of nitrogens with one attached hydrogen (secondary N) is 1. The van der Waals surface area contributed by atoms with E-state index in [-0.39, 0.29) is 22.2 Å². The van der Waals surface area contributed by atoms with Gasteiger partial charge in [-0.05, 0) is 19.1 Å². The summed E-state index contributed by atoms with van der Waals surface area (Å²) in [5.74, 6) is -0.337. The molecular formula is C14H12F3N3O5S. The smallest absolute Gasteiger partial charge is 0.422 e. The number of rotatable bonds is 6. The van der Waals surface area contributed by atoms with Crippen molar-refractivity contribution in [2.75, 3.05) is 11.3 Å². The van der Waals surface area contributed by atoms with Gasteiger partial charge in [-0.25, -0.2) is 13.4 Å². The van der Waals surface area contributed by atoms with E-state index in [2.05, 4.69) is 14.4 Å². The summed E-state index contributed by atoms with van der Waals surface area (Å²) in [7, 11) is -4.15. The van der Waals surface area contributed by atoms with E-state index < -0.39 is 27.7 Å². The van der Waals surface area contributed by atoms with Crippen LogP contribution in [0.2, 0.25) is 0 Å². The monoisotopic (exact) mass is 391 g/mol. The Hall–Kier alpha value is -2.89. The summed E-state index contributed by atoms with van der Waals surface area (Å²) in [6.07, 6.45) is -3.56. The van der Waals surface area contributed by atoms with Gasteiger partial charge in [-0.3, -0.25) is 14.8 Å². The maximum absolute atomic E-state index is 12.3. The van der Waals surface area contributed by atoms with Crippen molar-refractivity contribution in [3.8, 4) is 5.88 Å². The quantitative estimate of drug-likeness (QED) is 0.598. The number of anilines is 1. The van der Waals surface area contributed by atoms with E-state index in [4.69, 9.17) is 0 Å². The molecule has 12 heteroatoms. The number of pyridine rings is 1. The van der Waals surface area contributed by atoms with Gasteiger partial charge < -0.3 is 4.74 Å². The van der Waals surface area contributed by atoms with Crippen LogP contribution in [0.5, 0.6) is 5.88 Å². The van der Waals surface area contributed by atoms with E-state index in [0.717, 1.165) is 24.4 Å². The van der Waals surface area contributed by atoms with Crippen molar-refractivity contribution in [1.29, 1.82) is 0 Å². The Morgan fingerprint density at radius 1 is 1.27 bits per heavy atom. The van der Waals surface area contributed by atoms with Crippen molar-refractivity contribution < 1.29 is 31.2 Å². The van der Waals surface area contributed by atoms with E-state index in [1.807, 2.05) is 0 Å². The number of sulfonamides is 1. The van der Waals surface area contributed by atoms with Crippen LogP contribution in [0, 0.1) is 17.0 Å². The zero-order valence-electron chi connectivity index (χ0n) is 13.1. The van der Waals surface area contributed by atoms with Crippen molar-refractivity contribution in [1.82, 2.24) is 4.98 Å². The third kappa shape index (κ3) is 5.05. The molecule has 0 radical (unpaired) electrons. The minimum atomic E-state index is -4.53. The molecule has 1 N–H and O–H groups in total. The highest BCUT2D eigenvalue weighted by Gasteiger charge is 2.28. The van der Waals surface area contributed by atoms with Gasteiger partial charge in [0.25, 0.3) is 15.7 Å². The molecule has 2 aromatic rings. The normalized spacial score (nSPS) is 11.8. The van der Waals surface area contributed by atoms with Gasteiger partial charge in [-0.15, -0.1) is 0 Å². The van der Waals surface area contributed by atoms with Crippen molar-refractivity contribution in [3.63, 3.8) is 0 Å². The molecule has 2 rings (SSSR count). The van der Waals surface area contributed by atoms with Gasteiger partial charge in [0.2, 0.25) is 5.88 Å². The summed E-state index contributed by atoms with van der Waals surface area (Å²) < 4.78 is 67.3. The number of nitro groups is 1. The molecule has 0 aliphatic rings. The summed E-state index contributed by atoms with van der Waals surface area (Å²) in [6.45, 7) is -0.0658. The fourth-order valence-electron chi connectivity index (χ4n) is 1.85. The highest BCUT2D eigenvalue weighted by atomic mass is 32.2. The first-order valence-electron chi connectivity index (χ1n) is 6.91. The van der Waals surface area contributed by atoms with Gasteiger partial charge in [-0.2, -0.15) is 13.2 Å². The highest BCUT2D eigenvalue weighted by Crippen LogP contribution is 2.24. The van der Waals surface area contributed by atoms with Crippen LogP contribution in [0.3, 0.4) is 0 Å². The van der Waals surface area contributed by atoms with Crippen LogP contribution >= 0.6 is 0 Å². The van der Waals surface area contributed by atoms with Gasteiger partial charge in [0.1, 0.15) is 0 Å². The number of halogens is 3. The molecule has 1 aromatic heterocycles. The number of hydrogen-bond acceptors (Lipinski definition) is 6. The van der Waals surface area contributed by atoms with Crippen LogP contribution in [0.25, 0.3) is 0 Å². The number of nitrogens with zero attached hydrogens (tertiary/aromatic N) is 2. The molecule has 0 unspecified atom stereocenters. The SMILES string of the molecule is Cc1ccc(S(=O)(=O)Nc2ccc(OCC(F)(F)F)nc2)cc1[N+](=O)[O-]. The van der Waals surface area contributed by atoms with Crippen LogP contribution in [-0.4, -0.2) is 31.1 Å². The Balaban J connectivity index is 2.17. The van der Waals surface area contributed by atoms with E-state index in [1.54, 1.807) is 0 Å². The van der Waals surface area contributed by atoms with E-state index >= 15 is 0 Å². The summed E-state index contributed by atoms with van der Waals surface area (Å²) >= 11 is 0. The first-order valence-corrected chi connectivity index (χ1v) is 8.40. The minimum absolute atomic E-state index is 0.0485. The molecule has 0 atom stereocenters. The van der Waals surface area contributed by atoms with E-state index in [9.17, 15) is 31.7 Å². The van der Waals surface area contributed by atoms with E-state index in [0.29, 0.717) is 5.56 Å². The molecule has 0 saturated heterocycles. The van der Waals surface area contributed by atoms with Crippen LogP contribution in [0.4, 0.5) is 24.5 Å². The number of ether oxygens (including phenoxy) is 1. The Labute approximate surface area is 145 Å². The molecule has 0 aliphatic heterocycles. The fraction of sp³-hybridized carbons (Fsp3) is 0.214. The molecule has 1 aromatic carbocycles. The number of aromatic nitrogens is 1. The van der Waals surface area contributed by atoms with Crippen molar-refractivity contribution in [3.05, 3.63) is 52.2 Å². The largest absolute Gasteiger partial charge is 0.468 e. The predicted molar refractivity (Wildman–Crippen MR) is 84.4 cm³/mol. The second kappa shape index (κ2) is 7.15. The predicted octanol–water partition coefficient (Wildman–Crippen LogP) is 3.04. The van der Waals surface area contributed by atoms with E-state index in [1.165, 1.54) is 19.1 Å². The number of aryl methyl sites for hydroxylation is 1. The molecule has 0 amide bonds. The lowest BCUT2D eigenvalue weighted by atomic mass is 10.2. The van der Waals surface area contributed by atoms with Crippen LogP contribution in [-0.2, 0) is 10.0 Å². The lowest BCUT2D eigenvalue weighted by Gasteiger charge is -2.10. The molecule has 140 valence electrons. The first kappa shape index (κ1) is 19.4. The standard InChI is InChI=1S/C14H12F3N3O5S/c1-9-2-4-11(6-12(9)20(21)22)26(23,24)19-10-3-5-13(18-7-10)25-8-14(15,16)17/h2-7,19H,8H2,1H3. The number of hydrogen-bond donors (Lipinski definition) is 1. The third-order valence-corrected chi connectivity index (χ3v) is 4.44. The molecule has 26 heavy (non-hydrogen) atoms. The fourth-order valence-corrected chi connectivity index (χ4v) is 2.91. The van der Waals surface area contributed by atoms with Crippen LogP contribution in [0.1, 0.15) is 5.56 Å². The zero-order valence-corrected chi connectivity index (χ0v) is 14.0. The Morgan fingerprint density at radius 3 is 2.50 bits per heavy atom. The summed E-state index contributed by atoms with van der Waals surface area (Å²) in [6, 6.07) is 5.60. The molecule has 0 aliphatic carbocycles. The second-order valence-electron chi connectivity index (χ2n) is 5.10. The van der Waals surface area contributed by atoms with Gasteiger partial charge in [0.15, 0.2) is 6.61 Å². The maximum Gasteiger partial charge on any atom is 0.422 e. The van der Waals surface area contributed by atoms with Crippen molar-refractivity contribution in [2.45, 2.75) is 18.0 Å². The molecule has 0 bridgehead atoms. The molecule has 1 heterocycles. The topological polar surface area (TPSA) is 111 Å². The molecular weight excluding hydrogens is 379 g/mol. The third-order valence-electron chi connectivity index (χ3n) is 3.06. The lowest BCUT2D eigenvalue weighted by molar-refractivity contribution is -0.385. The van der Waals surface area contributed by atoms with Gasteiger partial charge in [0, 0.05) is 17.7 Å². The minimum Gasteiger partial charge on any atom is -0.468 e. The van der Waals surface area contributed by atoms with Crippen LogP contribution < -0.4 is 9.46 Å². The summed E-state index contributed by atoms with van der Waals surface area (Å²) in [5, 5.41) is 10.9. The summed E-state index contributed by atoms with van der Waals surface area (Å²) in [4.78, 5) is 13.4. The van der Waals surface area contributed by atoms with Crippen LogP contribution in [0.15, 0.2) is 41.4 Å². The average molecular weight is 391 g/mol. The molecule has 0 spiro atoms. The zero-order chi connectivity index (χ0) is 19.5. The Bertz CT molecular complexity index is 914. The molecule has 0 fully saturated rings. The molecule has 0 saturated carbocycles. The Morgan fingerprint density at radius 2 is 1.96 bits per heavy atom. The van der Waals surface area contributed by atoms with Crippen molar-refractivity contribution in [2.24, 2.45) is 0 Å². The van der Waals surface area contributed by atoms with Crippen molar-refractivity contribution >= 4 is 21.4 Å². The maximum atomic E-state index is 12.3. The summed E-state index contributed by atoms with van der Waals surface area (Å²) in [5.41, 5.74) is -0.115. The second-order valence-corrected chi connectivity index (χ2v) is 6.78. The number of alkyl halides is 3. The van der Waals surface area contributed by atoms with Gasteiger partial charge >= 0.3 is 6.18 Å². The average Bonchev–Trinajstić information content (AvgIpc) is 2.53. The Kier molecular flexibility index (Phi) is 5.35. The number of benzene rings is 1. The highest BCUT2D eigenvalue weighted by molar-refractivity contribution is 7.92. The first-order chi connectivity index (χ1) is 12.0. The van der Waals surface area contributed by atoms with Gasteiger partial charge in [-0.1, -0.05) is 6.07 Å².